The normalized spacial score (nSPS) is 34.5. The summed E-state index contributed by atoms with van der Waals surface area (Å²) in [6.07, 6.45) is 5.05. The van der Waals surface area contributed by atoms with Crippen LogP contribution in [0.2, 0.25) is 0 Å². The molecule has 2 rings (SSSR count). The van der Waals surface area contributed by atoms with E-state index >= 15 is 0 Å². The number of ether oxygens (including phenoxy) is 1. The SMILES string of the molecule is CC1(C)CCC(C(=O)O)C(C2CCOCC2)C1. The van der Waals surface area contributed by atoms with E-state index in [9.17, 15) is 9.90 Å². The van der Waals surface area contributed by atoms with Crippen LogP contribution in [0.4, 0.5) is 0 Å². The Morgan fingerprint density at radius 3 is 2.47 bits per heavy atom. The second-order valence-corrected chi connectivity index (χ2v) is 6.47. The summed E-state index contributed by atoms with van der Waals surface area (Å²) in [7, 11) is 0. The van der Waals surface area contributed by atoms with Crippen LogP contribution in [-0.2, 0) is 9.53 Å². The summed E-state index contributed by atoms with van der Waals surface area (Å²) in [5, 5.41) is 9.38. The van der Waals surface area contributed by atoms with Crippen molar-refractivity contribution in [2.75, 3.05) is 13.2 Å². The lowest BCUT2D eigenvalue weighted by Gasteiger charge is -2.43. The van der Waals surface area contributed by atoms with Gasteiger partial charge in [-0.25, -0.2) is 0 Å². The highest BCUT2D eigenvalue weighted by atomic mass is 16.5. The van der Waals surface area contributed by atoms with E-state index in [1.54, 1.807) is 0 Å². The number of carboxylic acid groups (broad SMARTS) is 1. The van der Waals surface area contributed by atoms with Gasteiger partial charge in [-0.15, -0.1) is 0 Å². The van der Waals surface area contributed by atoms with Crippen molar-refractivity contribution in [1.29, 1.82) is 0 Å². The van der Waals surface area contributed by atoms with Gasteiger partial charge in [-0.05, 0) is 49.4 Å². The molecule has 1 aliphatic heterocycles. The highest BCUT2D eigenvalue weighted by molar-refractivity contribution is 5.70. The molecule has 2 fully saturated rings. The Bertz CT molecular complexity index is 279. The van der Waals surface area contributed by atoms with Crippen LogP contribution in [0.5, 0.6) is 0 Å². The molecular formula is C14H24O3. The van der Waals surface area contributed by atoms with Crippen LogP contribution in [0.25, 0.3) is 0 Å². The fourth-order valence-electron chi connectivity index (χ4n) is 3.59. The van der Waals surface area contributed by atoms with E-state index in [2.05, 4.69) is 13.8 Å². The molecule has 3 nitrogen and oxygen atoms in total. The minimum Gasteiger partial charge on any atom is -0.481 e. The lowest BCUT2D eigenvalue weighted by Crippen LogP contribution is -2.40. The van der Waals surface area contributed by atoms with E-state index in [0.29, 0.717) is 17.3 Å². The van der Waals surface area contributed by atoms with Crippen molar-refractivity contribution in [3.05, 3.63) is 0 Å². The summed E-state index contributed by atoms with van der Waals surface area (Å²) in [5.74, 6) is 0.215. The van der Waals surface area contributed by atoms with Crippen molar-refractivity contribution in [2.45, 2.75) is 46.0 Å². The minimum absolute atomic E-state index is 0.119. The summed E-state index contributed by atoms with van der Waals surface area (Å²) >= 11 is 0. The lowest BCUT2D eigenvalue weighted by atomic mass is 9.62. The molecule has 0 aromatic carbocycles. The van der Waals surface area contributed by atoms with Gasteiger partial charge in [0, 0.05) is 13.2 Å². The Morgan fingerprint density at radius 1 is 1.24 bits per heavy atom. The molecule has 98 valence electrons. The Hall–Kier alpha value is -0.570. The van der Waals surface area contributed by atoms with Crippen LogP contribution >= 0.6 is 0 Å². The summed E-state index contributed by atoms with van der Waals surface area (Å²) in [6, 6.07) is 0. The van der Waals surface area contributed by atoms with E-state index < -0.39 is 5.97 Å². The first kappa shape index (κ1) is 12.9. The number of aliphatic carboxylic acids is 1. The molecular weight excluding hydrogens is 216 g/mol. The highest BCUT2D eigenvalue weighted by Gasteiger charge is 2.42. The molecule has 2 atom stereocenters. The Balaban J connectivity index is 2.09. The third-order valence-electron chi connectivity index (χ3n) is 4.63. The molecule has 1 saturated heterocycles. The van der Waals surface area contributed by atoms with Gasteiger partial charge in [-0.2, -0.15) is 0 Å². The van der Waals surface area contributed by atoms with Gasteiger partial charge in [-0.3, -0.25) is 4.79 Å². The van der Waals surface area contributed by atoms with Crippen molar-refractivity contribution in [3.8, 4) is 0 Å². The molecule has 1 heterocycles. The van der Waals surface area contributed by atoms with Crippen LogP contribution in [0.3, 0.4) is 0 Å². The summed E-state index contributed by atoms with van der Waals surface area (Å²) in [6.45, 7) is 6.18. The predicted octanol–water partition coefficient (Wildman–Crippen LogP) is 2.94. The molecule has 0 spiro atoms. The predicted molar refractivity (Wildman–Crippen MR) is 65.8 cm³/mol. The van der Waals surface area contributed by atoms with E-state index in [1.807, 2.05) is 0 Å². The van der Waals surface area contributed by atoms with Gasteiger partial charge in [0.2, 0.25) is 0 Å². The largest absolute Gasteiger partial charge is 0.481 e. The maximum atomic E-state index is 11.4. The average Bonchev–Trinajstić information content (AvgIpc) is 2.28. The van der Waals surface area contributed by atoms with Gasteiger partial charge in [0.25, 0.3) is 0 Å². The third-order valence-corrected chi connectivity index (χ3v) is 4.63. The molecule has 2 unspecified atom stereocenters. The Morgan fingerprint density at radius 2 is 1.88 bits per heavy atom. The zero-order valence-electron chi connectivity index (χ0n) is 10.9. The number of carbonyl (C=O) groups is 1. The van der Waals surface area contributed by atoms with Gasteiger partial charge in [0.15, 0.2) is 0 Å². The topological polar surface area (TPSA) is 46.5 Å². The molecule has 1 aliphatic carbocycles. The molecule has 0 radical (unpaired) electrons. The molecule has 0 amide bonds. The first-order chi connectivity index (χ1) is 7.99. The van der Waals surface area contributed by atoms with Crippen LogP contribution in [-0.4, -0.2) is 24.3 Å². The average molecular weight is 240 g/mol. The lowest BCUT2D eigenvalue weighted by molar-refractivity contribution is -0.148. The Labute approximate surface area is 104 Å². The maximum absolute atomic E-state index is 11.4. The summed E-state index contributed by atoms with van der Waals surface area (Å²) in [5.41, 5.74) is 0.314. The van der Waals surface area contributed by atoms with Crippen molar-refractivity contribution in [1.82, 2.24) is 0 Å². The van der Waals surface area contributed by atoms with Crippen LogP contribution < -0.4 is 0 Å². The third kappa shape index (κ3) is 3.01. The molecule has 1 saturated carbocycles. The van der Waals surface area contributed by atoms with Gasteiger partial charge in [0.05, 0.1) is 5.92 Å². The van der Waals surface area contributed by atoms with Crippen LogP contribution in [0, 0.1) is 23.2 Å². The molecule has 1 N–H and O–H groups in total. The molecule has 2 aliphatic rings. The molecule has 0 aromatic heterocycles. The molecule has 3 heteroatoms. The zero-order chi connectivity index (χ0) is 12.5. The van der Waals surface area contributed by atoms with E-state index in [4.69, 9.17) is 4.74 Å². The van der Waals surface area contributed by atoms with E-state index in [0.717, 1.165) is 45.3 Å². The second-order valence-electron chi connectivity index (χ2n) is 6.47. The Kier molecular flexibility index (Phi) is 3.76. The summed E-state index contributed by atoms with van der Waals surface area (Å²) in [4.78, 5) is 11.4. The quantitative estimate of drug-likeness (QED) is 0.807. The number of hydrogen-bond donors (Lipinski definition) is 1. The summed E-state index contributed by atoms with van der Waals surface area (Å²) < 4.78 is 5.39. The van der Waals surface area contributed by atoms with Gasteiger partial charge in [0.1, 0.15) is 0 Å². The number of rotatable bonds is 2. The number of hydrogen-bond acceptors (Lipinski definition) is 2. The van der Waals surface area contributed by atoms with Crippen LogP contribution in [0.15, 0.2) is 0 Å². The first-order valence-corrected chi connectivity index (χ1v) is 6.80. The van der Waals surface area contributed by atoms with Crippen molar-refractivity contribution < 1.29 is 14.6 Å². The van der Waals surface area contributed by atoms with Crippen molar-refractivity contribution >= 4 is 5.97 Å². The molecule has 0 aromatic rings. The first-order valence-electron chi connectivity index (χ1n) is 6.80. The monoisotopic (exact) mass is 240 g/mol. The van der Waals surface area contributed by atoms with Crippen molar-refractivity contribution in [2.24, 2.45) is 23.2 Å². The van der Waals surface area contributed by atoms with E-state index in [1.165, 1.54) is 0 Å². The minimum atomic E-state index is -0.586. The van der Waals surface area contributed by atoms with Crippen LogP contribution in [0.1, 0.15) is 46.0 Å². The zero-order valence-corrected chi connectivity index (χ0v) is 10.9. The second kappa shape index (κ2) is 4.97. The highest BCUT2D eigenvalue weighted by Crippen LogP contribution is 2.47. The van der Waals surface area contributed by atoms with E-state index in [-0.39, 0.29) is 5.92 Å². The number of carboxylic acids is 1. The van der Waals surface area contributed by atoms with Gasteiger partial charge in [-0.1, -0.05) is 13.8 Å². The fraction of sp³-hybridized carbons (Fsp3) is 0.929. The standard InChI is InChI=1S/C14H24O3/c1-14(2)6-3-11(13(15)16)12(9-14)10-4-7-17-8-5-10/h10-12H,3-9H2,1-2H3,(H,15,16). The van der Waals surface area contributed by atoms with Crippen molar-refractivity contribution in [3.63, 3.8) is 0 Å². The van der Waals surface area contributed by atoms with Gasteiger partial charge < -0.3 is 9.84 Å². The van der Waals surface area contributed by atoms with Gasteiger partial charge >= 0.3 is 5.97 Å². The maximum Gasteiger partial charge on any atom is 0.306 e. The smallest absolute Gasteiger partial charge is 0.306 e. The molecule has 0 bridgehead atoms. The fourth-order valence-corrected chi connectivity index (χ4v) is 3.59. The molecule has 17 heavy (non-hydrogen) atoms.